The SMILES string of the molecule is C[Si](C)(C)CCC[P+](=O)O. The normalized spacial score (nSPS) is 13.4. The van der Waals surface area contributed by atoms with Gasteiger partial charge in [-0.05, 0) is 11.0 Å². The predicted octanol–water partition coefficient (Wildman–Crippen LogP) is 2.45. The van der Waals surface area contributed by atoms with E-state index in [9.17, 15) is 4.57 Å². The van der Waals surface area contributed by atoms with Crippen LogP contribution in [0.25, 0.3) is 0 Å². The Kier molecular flexibility index (Phi) is 4.33. The molecule has 0 spiro atoms. The molecule has 0 amide bonds. The fourth-order valence-electron chi connectivity index (χ4n) is 0.745. The zero-order valence-corrected chi connectivity index (χ0v) is 8.82. The fourth-order valence-corrected chi connectivity index (χ4v) is 2.71. The van der Waals surface area contributed by atoms with E-state index in [1.807, 2.05) is 0 Å². The third-order valence-corrected chi connectivity index (χ3v) is 3.83. The molecule has 0 aliphatic carbocycles. The van der Waals surface area contributed by atoms with Gasteiger partial charge in [0, 0.05) is 8.07 Å². The third kappa shape index (κ3) is 8.28. The third-order valence-electron chi connectivity index (χ3n) is 1.28. The van der Waals surface area contributed by atoms with E-state index in [0.29, 0.717) is 6.16 Å². The molecule has 0 aromatic heterocycles. The molecule has 0 saturated carbocycles. The van der Waals surface area contributed by atoms with Crippen molar-refractivity contribution in [3.8, 4) is 0 Å². The first-order valence-electron chi connectivity index (χ1n) is 3.55. The number of hydrogen-bond donors (Lipinski definition) is 1. The van der Waals surface area contributed by atoms with Crippen LogP contribution >= 0.6 is 8.03 Å². The molecule has 4 heteroatoms. The van der Waals surface area contributed by atoms with Crippen molar-refractivity contribution >= 4 is 16.1 Å². The van der Waals surface area contributed by atoms with Crippen molar-refractivity contribution in [2.45, 2.75) is 32.1 Å². The lowest BCUT2D eigenvalue weighted by atomic mass is 10.6. The highest BCUT2D eigenvalue weighted by Gasteiger charge is 2.16. The topological polar surface area (TPSA) is 37.3 Å². The van der Waals surface area contributed by atoms with Crippen LogP contribution in [0.3, 0.4) is 0 Å². The van der Waals surface area contributed by atoms with Gasteiger partial charge in [-0.25, -0.2) is 0 Å². The van der Waals surface area contributed by atoms with Crippen molar-refractivity contribution < 1.29 is 9.46 Å². The summed E-state index contributed by atoms with van der Waals surface area (Å²) in [6.45, 7) is 6.83. The summed E-state index contributed by atoms with van der Waals surface area (Å²) in [6.07, 6.45) is 1.40. The lowest BCUT2D eigenvalue weighted by molar-refractivity contribution is 0.502. The van der Waals surface area contributed by atoms with Crippen molar-refractivity contribution in [1.29, 1.82) is 0 Å². The summed E-state index contributed by atoms with van der Waals surface area (Å²) in [5.74, 6) is 0. The van der Waals surface area contributed by atoms with Gasteiger partial charge in [0.05, 0.1) is 0 Å². The zero-order chi connectivity index (χ0) is 8.20. The largest absolute Gasteiger partial charge is 0.505 e. The summed E-state index contributed by atoms with van der Waals surface area (Å²) in [6, 6.07) is 1.16. The summed E-state index contributed by atoms with van der Waals surface area (Å²) >= 11 is 0. The minimum absolute atomic E-state index is 0.486. The number of rotatable bonds is 4. The van der Waals surface area contributed by atoms with Crippen LogP contribution in [0.5, 0.6) is 0 Å². The maximum Gasteiger partial charge on any atom is 0.505 e. The van der Waals surface area contributed by atoms with Crippen LogP contribution in [0, 0.1) is 0 Å². The highest BCUT2D eigenvalue weighted by molar-refractivity contribution is 7.37. The van der Waals surface area contributed by atoms with Crippen molar-refractivity contribution in [3.63, 3.8) is 0 Å². The molecule has 0 aliphatic heterocycles. The Hall–Kier alpha value is 0.277. The fraction of sp³-hybridized carbons (Fsp3) is 1.00. The molecule has 0 fully saturated rings. The standard InChI is InChI=1S/C6H15O2PSi/c1-10(2,3)6-4-5-9(7)8/h4-6H2,1-3H3/p+1. The van der Waals surface area contributed by atoms with Crippen molar-refractivity contribution in [1.82, 2.24) is 0 Å². The van der Waals surface area contributed by atoms with Crippen LogP contribution in [-0.2, 0) is 4.57 Å². The first kappa shape index (κ1) is 10.3. The Morgan fingerprint density at radius 1 is 1.40 bits per heavy atom. The van der Waals surface area contributed by atoms with Crippen molar-refractivity contribution in [2.24, 2.45) is 0 Å². The van der Waals surface area contributed by atoms with E-state index in [1.165, 1.54) is 0 Å². The molecule has 0 aromatic rings. The Morgan fingerprint density at radius 2 is 1.90 bits per heavy atom. The van der Waals surface area contributed by atoms with Crippen LogP contribution in [0.4, 0.5) is 0 Å². The molecule has 1 N–H and O–H groups in total. The number of hydrogen-bond acceptors (Lipinski definition) is 1. The molecule has 1 atom stereocenters. The van der Waals surface area contributed by atoms with Gasteiger partial charge in [0.25, 0.3) is 0 Å². The van der Waals surface area contributed by atoms with Gasteiger partial charge in [-0.15, -0.1) is 0 Å². The van der Waals surface area contributed by atoms with Gasteiger partial charge >= 0.3 is 8.03 Å². The Labute approximate surface area is 64.5 Å². The highest BCUT2D eigenvalue weighted by Crippen LogP contribution is 2.19. The van der Waals surface area contributed by atoms with Gasteiger partial charge in [-0.3, -0.25) is 0 Å². The van der Waals surface area contributed by atoms with E-state index in [2.05, 4.69) is 19.6 Å². The first-order chi connectivity index (χ1) is 4.42. The predicted molar refractivity (Wildman–Crippen MR) is 47.5 cm³/mol. The minimum atomic E-state index is -1.88. The maximum atomic E-state index is 10.2. The molecule has 1 unspecified atom stereocenters. The smallest absolute Gasteiger partial charge is 0.161 e. The van der Waals surface area contributed by atoms with E-state index in [1.54, 1.807) is 0 Å². The summed E-state index contributed by atoms with van der Waals surface area (Å²) in [5, 5.41) is 0. The molecule has 60 valence electrons. The Balaban J connectivity index is 3.29. The molecular weight excluding hydrogens is 163 g/mol. The lowest BCUT2D eigenvalue weighted by Crippen LogP contribution is -2.18. The second-order valence-electron chi connectivity index (χ2n) is 3.74. The Morgan fingerprint density at radius 3 is 2.20 bits per heavy atom. The zero-order valence-electron chi connectivity index (χ0n) is 6.92. The molecular formula is C6H16O2PSi+. The average Bonchev–Trinajstić information content (AvgIpc) is 1.59. The molecule has 10 heavy (non-hydrogen) atoms. The van der Waals surface area contributed by atoms with Crippen molar-refractivity contribution in [3.05, 3.63) is 0 Å². The molecule has 0 aromatic carbocycles. The lowest BCUT2D eigenvalue weighted by Gasteiger charge is -2.12. The molecule has 0 aliphatic rings. The summed E-state index contributed by atoms with van der Waals surface area (Å²) in [7, 11) is -2.84. The first-order valence-corrected chi connectivity index (χ1v) is 8.66. The minimum Gasteiger partial charge on any atom is -0.161 e. The molecule has 0 rings (SSSR count). The molecule has 0 saturated heterocycles. The van der Waals surface area contributed by atoms with Crippen LogP contribution in [-0.4, -0.2) is 19.1 Å². The van der Waals surface area contributed by atoms with Gasteiger partial charge in [0.2, 0.25) is 0 Å². The van der Waals surface area contributed by atoms with Crippen LogP contribution < -0.4 is 0 Å². The average molecular weight is 179 g/mol. The quantitative estimate of drug-likeness (QED) is 0.531. The van der Waals surface area contributed by atoms with Gasteiger partial charge < -0.3 is 0 Å². The van der Waals surface area contributed by atoms with Crippen molar-refractivity contribution in [2.75, 3.05) is 6.16 Å². The highest BCUT2D eigenvalue weighted by atomic mass is 31.1. The van der Waals surface area contributed by atoms with Gasteiger partial charge in [0.15, 0.2) is 6.16 Å². The van der Waals surface area contributed by atoms with Gasteiger partial charge in [-0.1, -0.05) is 25.7 Å². The van der Waals surface area contributed by atoms with E-state index in [4.69, 9.17) is 4.89 Å². The van der Waals surface area contributed by atoms with E-state index >= 15 is 0 Å². The Bertz CT molecular complexity index is 119. The van der Waals surface area contributed by atoms with Crippen LogP contribution in [0.1, 0.15) is 6.42 Å². The van der Waals surface area contributed by atoms with E-state index in [-0.39, 0.29) is 0 Å². The maximum absolute atomic E-state index is 10.2. The summed E-state index contributed by atoms with van der Waals surface area (Å²) in [5.41, 5.74) is 0. The molecule has 0 bridgehead atoms. The van der Waals surface area contributed by atoms with Crippen LogP contribution in [0.2, 0.25) is 25.7 Å². The second-order valence-corrected chi connectivity index (χ2v) is 10.5. The van der Waals surface area contributed by atoms with E-state index in [0.717, 1.165) is 12.5 Å². The van der Waals surface area contributed by atoms with Gasteiger partial charge in [0.1, 0.15) is 0 Å². The monoisotopic (exact) mass is 179 g/mol. The van der Waals surface area contributed by atoms with Crippen LogP contribution in [0.15, 0.2) is 0 Å². The second kappa shape index (κ2) is 4.22. The molecule has 2 nitrogen and oxygen atoms in total. The summed E-state index contributed by atoms with van der Waals surface area (Å²) < 4.78 is 10.2. The summed E-state index contributed by atoms with van der Waals surface area (Å²) in [4.78, 5) is 8.47. The van der Waals surface area contributed by atoms with Gasteiger partial charge in [-0.2, -0.15) is 4.89 Å². The molecule has 0 radical (unpaired) electrons. The molecule has 0 heterocycles. The van der Waals surface area contributed by atoms with E-state index < -0.39 is 16.1 Å².